The van der Waals surface area contributed by atoms with E-state index in [0.717, 1.165) is 0 Å². The van der Waals surface area contributed by atoms with Gasteiger partial charge in [-0.05, 0) is 42.0 Å². The summed E-state index contributed by atoms with van der Waals surface area (Å²) < 4.78 is 5.49. The molecule has 0 radical (unpaired) electrons. The number of Topliss-reactive ketones (excluding diaryl/α,β-unsaturated/α-hetero) is 1. The van der Waals surface area contributed by atoms with E-state index in [9.17, 15) is 9.90 Å². The number of hydrogen-bond donors (Lipinski definition) is 1. The van der Waals surface area contributed by atoms with Crippen LogP contribution in [0.3, 0.4) is 0 Å². The van der Waals surface area contributed by atoms with Crippen LogP contribution in [-0.4, -0.2) is 10.9 Å². The maximum Gasteiger partial charge on any atom is 0.232 e. The van der Waals surface area contributed by atoms with Crippen molar-refractivity contribution in [1.82, 2.24) is 0 Å². The molecular weight excluding hydrogens is 264 g/mol. The molecule has 2 aromatic carbocycles. The van der Waals surface area contributed by atoms with Crippen molar-refractivity contribution in [2.24, 2.45) is 0 Å². The Morgan fingerprint density at radius 3 is 2.79 bits per heavy atom. The van der Waals surface area contributed by atoms with E-state index in [4.69, 9.17) is 16.3 Å². The summed E-state index contributed by atoms with van der Waals surface area (Å²) in [5, 5.41) is 9.89. The monoisotopic (exact) mass is 272 g/mol. The van der Waals surface area contributed by atoms with Gasteiger partial charge in [0.15, 0.2) is 5.76 Å². The number of benzene rings is 2. The van der Waals surface area contributed by atoms with Crippen molar-refractivity contribution < 1.29 is 14.6 Å². The minimum atomic E-state index is -0.208. The molecule has 0 aromatic heterocycles. The smallest absolute Gasteiger partial charge is 0.232 e. The Labute approximate surface area is 114 Å². The van der Waals surface area contributed by atoms with Crippen molar-refractivity contribution >= 4 is 23.5 Å². The van der Waals surface area contributed by atoms with Crippen LogP contribution in [0.4, 0.5) is 0 Å². The number of phenols is 1. The van der Waals surface area contributed by atoms with Crippen molar-refractivity contribution in [2.75, 3.05) is 0 Å². The Balaban J connectivity index is 2.00. The fourth-order valence-electron chi connectivity index (χ4n) is 1.93. The highest BCUT2D eigenvalue weighted by atomic mass is 35.5. The van der Waals surface area contributed by atoms with Crippen LogP contribution in [0.15, 0.2) is 48.2 Å². The predicted molar refractivity (Wildman–Crippen MR) is 72.5 cm³/mol. The molecule has 94 valence electrons. The van der Waals surface area contributed by atoms with Gasteiger partial charge in [-0.15, -0.1) is 0 Å². The highest BCUT2D eigenvalue weighted by Crippen LogP contribution is 2.33. The maximum absolute atomic E-state index is 12.1. The molecule has 0 spiro atoms. The van der Waals surface area contributed by atoms with Gasteiger partial charge in [0.05, 0.1) is 5.56 Å². The summed E-state index contributed by atoms with van der Waals surface area (Å²) >= 11 is 5.86. The van der Waals surface area contributed by atoms with E-state index in [1.54, 1.807) is 48.5 Å². The normalized spacial score (nSPS) is 15.4. The minimum Gasteiger partial charge on any atom is -0.508 e. The number of hydrogen-bond acceptors (Lipinski definition) is 3. The quantitative estimate of drug-likeness (QED) is 0.806. The van der Waals surface area contributed by atoms with Crippen molar-refractivity contribution in [3.63, 3.8) is 0 Å². The second-order valence-electron chi connectivity index (χ2n) is 4.18. The van der Waals surface area contributed by atoms with E-state index in [0.29, 0.717) is 21.9 Å². The highest BCUT2D eigenvalue weighted by molar-refractivity contribution is 6.31. The number of carbonyl (C=O) groups excluding carboxylic acids is 1. The molecule has 1 heterocycles. The van der Waals surface area contributed by atoms with E-state index < -0.39 is 0 Å². The summed E-state index contributed by atoms with van der Waals surface area (Å²) in [4.78, 5) is 12.1. The third-order valence-electron chi connectivity index (χ3n) is 2.80. The van der Waals surface area contributed by atoms with Crippen LogP contribution in [0.5, 0.6) is 11.5 Å². The van der Waals surface area contributed by atoms with Gasteiger partial charge < -0.3 is 9.84 Å². The molecule has 0 atom stereocenters. The lowest BCUT2D eigenvalue weighted by Crippen LogP contribution is -1.97. The van der Waals surface area contributed by atoms with E-state index in [-0.39, 0.29) is 17.3 Å². The first-order valence-corrected chi connectivity index (χ1v) is 6.04. The average Bonchev–Trinajstić information content (AvgIpc) is 2.67. The molecule has 1 N–H and O–H groups in total. The van der Waals surface area contributed by atoms with Crippen molar-refractivity contribution in [3.8, 4) is 11.5 Å². The minimum absolute atomic E-state index is 0.139. The lowest BCUT2D eigenvalue weighted by molar-refractivity contribution is 0.101. The molecule has 0 fully saturated rings. The number of phenolic OH excluding ortho intramolecular Hbond substituents is 1. The fraction of sp³-hybridized carbons (Fsp3) is 0. The number of halogens is 1. The molecular formula is C15H9ClO3. The van der Waals surface area contributed by atoms with Crippen LogP contribution in [0.2, 0.25) is 5.02 Å². The molecule has 0 saturated carbocycles. The zero-order chi connectivity index (χ0) is 13.4. The Morgan fingerprint density at radius 1 is 1.16 bits per heavy atom. The van der Waals surface area contributed by atoms with Crippen molar-refractivity contribution in [3.05, 3.63) is 64.4 Å². The van der Waals surface area contributed by atoms with Gasteiger partial charge in [0, 0.05) is 5.02 Å². The van der Waals surface area contributed by atoms with Crippen LogP contribution in [0.25, 0.3) is 6.08 Å². The number of fused-ring (bicyclic) bond motifs is 1. The first kappa shape index (κ1) is 11.8. The lowest BCUT2D eigenvalue weighted by atomic mass is 10.1. The van der Waals surface area contributed by atoms with Gasteiger partial charge in [-0.2, -0.15) is 0 Å². The third-order valence-corrected chi connectivity index (χ3v) is 3.03. The summed E-state index contributed by atoms with van der Waals surface area (Å²) in [5.41, 5.74) is 1.15. The molecule has 19 heavy (non-hydrogen) atoms. The Bertz CT molecular complexity index is 704. The summed E-state index contributed by atoms with van der Waals surface area (Å²) in [6, 6.07) is 11.5. The summed E-state index contributed by atoms with van der Waals surface area (Å²) in [5.74, 6) is 0.657. The predicted octanol–water partition coefficient (Wildman–Crippen LogP) is 3.66. The van der Waals surface area contributed by atoms with Gasteiger partial charge >= 0.3 is 0 Å². The Kier molecular flexibility index (Phi) is 2.76. The second-order valence-corrected chi connectivity index (χ2v) is 4.61. The van der Waals surface area contributed by atoms with E-state index in [1.165, 1.54) is 0 Å². The summed E-state index contributed by atoms with van der Waals surface area (Å²) in [6.07, 6.45) is 1.59. The third kappa shape index (κ3) is 2.20. The van der Waals surface area contributed by atoms with E-state index >= 15 is 0 Å². The van der Waals surface area contributed by atoms with E-state index in [1.807, 2.05) is 0 Å². The SMILES string of the molecule is O=C1C(=Cc2cccc(O)c2)Oc2ccc(Cl)cc21. The molecule has 3 nitrogen and oxygen atoms in total. The molecule has 0 unspecified atom stereocenters. The van der Waals surface area contributed by atoms with Gasteiger partial charge in [-0.25, -0.2) is 0 Å². The molecule has 1 aliphatic heterocycles. The number of aromatic hydroxyl groups is 1. The van der Waals surface area contributed by atoms with Gasteiger partial charge in [0.25, 0.3) is 0 Å². The Morgan fingerprint density at radius 2 is 2.00 bits per heavy atom. The first-order chi connectivity index (χ1) is 9.13. The zero-order valence-electron chi connectivity index (χ0n) is 9.76. The lowest BCUT2D eigenvalue weighted by Gasteiger charge is -1.99. The van der Waals surface area contributed by atoms with Crippen molar-refractivity contribution in [2.45, 2.75) is 0 Å². The van der Waals surface area contributed by atoms with Gasteiger partial charge in [-0.1, -0.05) is 23.7 Å². The summed E-state index contributed by atoms with van der Waals surface area (Å²) in [7, 11) is 0. The fourth-order valence-corrected chi connectivity index (χ4v) is 2.10. The average molecular weight is 273 g/mol. The number of ketones is 1. The molecule has 2 aromatic rings. The van der Waals surface area contributed by atoms with Gasteiger partial charge in [0.1, 0.15) is 11.5 Å². The number of rotatable bonds is 1. The van der Waals surface area contributed by atoms with Crippen LogP contribution in [0.1, 0.15) is 15.9 Å². The highest BCUT2D eigenvalue weighted by Gasteiger charge is 2.27. The zero-order valence-corrected chi connectivity index (χ0v) is 10.5. The maximum atomic E-state index is 12.1. The van der Waals surface area contributed by atoms with Crippen LogP contribution in [-0.2, 0) is 0 Å². The molecule has 4 heteroatoms. The van der Waals surface area contributed by atoms with Crippen molar-refractivity contribution in [1.29, 1.82) is 0 Å². The topological polar surface area (TPSA) is 46.5 Å². The molecule has 0 amide bonds. The molecule has 0 bridgehead atoms. The van der Waals surface area contributed by atoms with E-state index in [2.05, 4.69) is 0 Å². The summed E-state index contributed by atoms with van der Waals surface area (Å²) in [6.45, 7) is 0. The second kappa shape index (κ2) is 4.44. The molecule has 3 rings (SSSR count). The van der Waals surface area contributed by atoms with Crippen LogP contribution >= 0.6 is 11.6 Å². The number of ether oxygens (including phenoxy) is 1. The Hall–Kier alpha value is -2.26. The van der Waals surface area contributed by atoms with Gasteiger partial charge in [-0.3, -0.25) is 4.79 Å². The molecule has 0 aliphatic carbocycles. The standard InChI is InChI=1S/C15H9ClO3/c16-10-4-5-13-12(8-10)15(18)14(19-13)7-9-2-1-3-11(17)6-9/h1-8,17H. The number of carbonyl (C=O) groups is 1. The van der Waals surface area contributed by atoms with Crippen LogP contribution < -0.4 is 4.74 Å². The van der Waals surface area contributed by atoms with Gasteiger partial charge in [0.2, 0.25) is 5.78 Å². The molecule has 1 aliphatic rings. The first-order valence-electron chi connectivity index (χ1n) is 5.66. The number of allylic oxidation sites excluding steroid dienone is 1. The largest absolute Gasteiger partial charge is 0.508 e. The van der Waals surface area contributed by atoms with Crippen LogP contribution in [0, 0.1) is 0 Å². The molecule has 0 saturated heterocycles.